The Labute approximate surface area is 161 Å². The molecule has 2 N–H and O–H groups in total. The first kappa shape index (κ1) is 16.6. The highest BCUT2D eigenvalue weighted by molar-refractivity contribution is 7.98. The molecule has 0 atom stereocenters. The van der Waals surface area contributed by atoms with Gasteiger partial charge in [-0.15, -0.1) is 11.3 Å². The van der Waals surface area contributed by atoms with Gasteiger partial charge in [0.05, 0.1) is 18.2 Å². The van der Waals surface area contributed by atoms with Gasteiger partial charge in [-0.05, 0) is 37.0 Å². The van der Waals surface area contributed by atoms with Crippen molar-refractivity contribution >= 4 is 33.3 Å². The van der Waals surface area contributed by atoms with Crippen LogP contribution in [0.3, 0.4) is 0 Å². The van der Waals surface area contributed by atoms with E-state index in [4.69, 9.17) is 9.40 Å². The van der Waals surface area contributed by atoms with Crippen LogP contribution in [-0.4, -0.2) is 19.7 Å². The molecule has 0 bridgehead atoms. The van der Waals surface area contributed by atoms with E-state index in [0.29, 0.717) is 23.2 Å². The molecule has 0 saturated heterocycles. The Balaban J connectivity index is 1.60. The maximum atomic E-state index is 13.3. The smallest absolute Gasteiger partial charge is 0.264 e. The Kier molecular flexibility index (Phi) is 4.05. The minimum absolute atomic E-state index is 0.0131. The van der Waals surface area contributed by atoms with Gasteiger partial charge in [0.1, 0.15) is 10.6 Å². The lowest BCUT2D eigenvalue weighted by Gasteiger charge is -2.11. The summed E-state index contributed by atoms with van der Waals surface area (Å²) < 4.78 is 7.14. The summed E-state index contributed by atoms with van der Waals surface area (Å²) in [6, 6.07) is 5.18. The molecule has 5 rings (SSSR count). The molecule has 0 radical (unpaired) electrons. The molecule has 0 aromatic carbocycles. The maximum absolute atomic E-state index is 13.3. The summed E-state index contributed by atoms with van der Waals surface area (Å²) in [6.07, 6.45) is 4.68. The molecule has 27 heavy (non-hydrogen) atoms. The molecule has 0 aliphatic heterocycles. The SMILES string of the molecule is O=c1cc(CSc2nc3sc4c(c3c(=O)n2Cc2ccco2)CCC4)[nH][nH]1. The van der Waals surface area contributed by atoms with Crippen LogP contribution in [0, 0.1) is 0 Å². The lowest BCUT2D eigenvalue weighted by molar-refractivity contribution is 0.476. The normalized spacial score (nSPS) is 13.5. The molecule has 9 heteroatoms. The molecular weight excluding hydrogens is 384 g/mol. The summed E-state index contributed by atoms with van der Waals surface area (Å²) in [4.78, 5) is 31.5. The van der Waals surface area contributed by atoms with Crippen LogP contribution in [0.2, 0.25) is 0 Å². The number of aryl methyl sites for hydroxylation is 2. The molecule has 0 spiro atoms. The third-order valence-electron chi connectivity index (χ3n) is 4.69. The maximum Gasteiger partial charge on any atom is 0.264 e. The average molecular weight is 400 g/mol. The number of nitrogens with one attached hydrogen (secondary N) is 2. The second-order valence-corrected chi connectivity index (χ2v) is 8.50. The number of H-pyrrole nitrogens is 2. The van der Waals surface area contributed by atoms with Gasteiger partial charge in [0.15, 0.2) is 5.16 Å². The number of aromatic nitrogens is 4. The molecule has 4 heterocycles. The Morgan fingerprint density at radius 1 is 1.30 bits per heavy atom. The Bertz CT molecular complexity index is 1230. The second-order valence-electron chi connectivity index (χ2n) is 6.48. The van der Waals surface area contributed by atoms with Gasteiger partial charge in [-0.2, -0.15) is 0 Å². The van der Waals surface area contributed by atoms with Crippen LogP contribution < -0.4 is 11.1 Å². The van der Waals surface area contributed by atoms with Crippen molar-refractivity contribution in [3.05, 3.63) is 67.1 Å². The lowest BCUT2D eigenvalue weighted by atomic mass is 10.2. The molecule has 0 fully saturated rings. The number of nitrogens with zero attached hydrogens (tertiary/aromatic N) is 2. The first-order chi connectivity index (χ1) is 13.2. The van der Waals surface area contributed by atoms with E-state index in [2.05, 4.69) is 10.2 Å². The summed E-state index contributed by atoms with van der Waals surface area (Å²) in [5.41, 5.74) is 1.75. The number of hydrogen-bond acceptors (Lipinski definition) is 6. The van der Waals surface area contributed by atoms with Gasteiger partial charge in [0, 0.05) is 22.4 Å². The topological polar surface area (TPSA) is 96.7 Å². The first-order valence-corrected chi connectivity index (χ1v) is 10.5. The Morgan fingerprint density at radius 2 is 2.22 bits per heavy atom. The molecule has 0 unspecified atom stereocenters. The van der Waals surface area contributed by atoms with Crippen molar-refractivity contribution in [2.45, 2.75) is 36.7 Å². The van der Waals surface area contributed by atoms with Crippen LogP contribution >= 0.6 is 23.1 Å². The number of hydrogen-bond donors (Lipinski definition) is 2. The predicted octanol–water partition coefficient (Wildman–Crippen LogP) is 2.90. The van der Waals surface area contributed by atoms with Crippen molar-refractivity contribution in [3.63, 3.8) is 0 Å². The van der Waals surface area contributed by atoms with Crippen molar-refractivity contribution < 1.29 is 4.42 Å². The number of fused-ring (bicyclic) bond motifs is 3. The van der Waals surface area contributed by atoms with Crippen LogP contribution in [0.1, 0.15) is 28.3 Å². The van der Waals surface area contributed by atoms with Crippen LogP contribution in [0.4, 0.5) is 0 Å². The summed E-state index contributed by atoms with van der Waals surface area (Å²) in [5.74, 6) is 1.22. The average Bonchev–Trinajstić information content (AvgIpc) is 3.40. The molecule has 7 nitrogen and oxygen atoms in total. The number of furan rings is 1. The van der Waals surface area contributed by atoms with Gasteiger partial charge >= 0.3 is 0 Å². The van der Waals surface area contributed by atoms with E-state index in [1.54, 1.807) is 22.2 Å². The fraction of sp³-hybridized carbons (Fsp3) is 0.278. The van der Waals surface area contributed by atoms with E-state index in [1.165, 1.54) is 28.3 Å². The van der Waals surface area contributed by atoms with Crippen LogP contribution in [0.15, 0.2) is 43.6 Å². The van der Waals surface area contributed by atoms with E-state index in [0.717, 1.165) is 35.2 Å². The lowest BCUT2D eigenvalue weighted by Crippen LogP contribution is -2.24. The summed E-state index contributed by atoms with van der Waals surface area (Å²) >= 11 is 3.06. The Morgan fingerprint density at radius 3 is 3.00 bits per heavy atom. The van der Waals surface area contributed by atoms with Crippen molar-refractivity contribution in [3.8, 4) is 0 Å². The van der Waals surface area contributed by atoms with Crippen LogP contribution in [0.25, 0.3) is 10.2 Å². The van der Waals surface area contributed by atoms with Crippen LogP contribution in [-0.2, 0) is 25.1 Å². The third-order valence-corrected chi connectivity index (χ3v) is 6.90. The largest absolute Gasteiger partial charge is 0.467 e. The van der Waals surface area contributed by atoms with Crippen molar-refractivity contribution in [2.24, 2.45) is 0 Å². The number of thioether (sulfide) groups is 1. The van der Waals surface area contributed by atoms with Crippen molar-refractivity contribution in [2.75, 3.05) is 0 Å². The predicted molar refractivity (Wildman–Crippen MR) is 105 cm³/mol. The van der Waals surface area contributed by atoms with E-state index in [1.807, 2.05) is 12.1 Å². The van der Waals surface area contributed by atoms with Crippen molar-refractivity contribution in [1.82, 2.24) is 19.7 Å². The molecule has 1 aliphatic rings. The van der Waals surface area contributed by atoms with Gasteiger partial charge in [-0.25, -0.2) is 4.98 Å². The molecule has 0 amide bonds. The number of aromatic amines is 2. The van der Waals surface area contributed by atoms with Gasteiger partial charge in [-0.3, -0.25) is 19.3 Å². The quantitative estimate of drug-likeness (QED) is 0.397. The zero-order chi connectivity index (χ0) is 18.4. The Hall–Kier alpha value is -2.52. The van der Waals surface area contributed by atoms with Gasteiger partial charge in [0.2, 0.25) is 0 Å². The molecule has 4 aromatic rings. The van der Waals surface area contributed by atoms with Crippen molar-refractivity contribution in [1.29, 1.82) is 0 Å². The van der Waals surface area contributed by atoms with E-state index < -0.39 is 0 Å². The molecule has 4 aromatic heterocycles. The summed E-state index contributed by atoms with van der Waals surface area (Å²) in [5, 5.41) is 6.75. The molecular formula is C18H16N4O3S2. The van der Waals surface area contributed by atoms with E-state index in [9.17, 15) is 9.59 Å². The van der Waals surface area contributed by atoms with Crippen LogP contribution in [0.5, 0.6) is 0 Å². The second kappa shape index (κ2) is 6.58. The first-order valence-electron chi connectivity index (χ1n) is 8.66. The zero-order valence-corrected chi connectivity index (χ0v) is 15.9. The summed E-state index contributed by atoms with van der Waals surface area (Å²) in [6.45, 7) is 0.339. The van der Waals surface area contributed by atoms with Gasteiger partial charge in [-0.1, -0.05) is 11.8 Å². The molecule has 1 aliphatic carbocycles. The third kappa shape index (κ3) is 2.96. The molecule has 0 saturated carbocycles. The van der Waals surface area contributed by atoms with E-state index in [-0.39, 0.29) is 11.1 Å². The zero-order valence-electron chi connectivity index (χ0n) is 14.3. The highest BCUT2D eigenvalue weighted by Crippen LogP contribution is 2.36. The fourth-order valence-corrected chi connectivity index (χ4v) is 5.67. The highest BCUT2D eigenvalue weighted by atomic mass is 32.2. The monoisotopic (exact) mass is 400 g/mol. The fourth-order valence-electron chi connectivity index (χ4n) is 3.46. The molecule has 138 valence electrons. The van der Waals surface area contributed by atoms with E-state index >= 15 is 0 Å². The highest BCUT2D eigenvalue weighted by Gasteiger charge is 2.23. The minimum Gasteiger partial charge on any atom is -0.467 e. The van der Waals surface area contributed by atoms with Gasteiger partial charge in [0.25, 0.3) is 11.1 Å². The number of rotatable bonds is 5. The summed E-state index contributed by atoms with van der Waals surface area (Å²) in [7, 11) is 0. The minimum atomic E-state index is -0.170. The standard InChI is InChI=1S/C18H16N4O3S2/c23-14-7-10(20-21-14)9-26-18-19-16-15(12-4-1-5-13(12)27-16)17(24)22(18)8-11-3-2-6-25-11/h2-3,6-7H,1,4-5,8-9H2,(H2,20,21,23). The van der Waals surface area contributed by atoms with Gasteiger partial charge < -0.3 is 9.52 Å². The number of thiophene rings is 1.